The third-order valence-electron chi connectivity index (χ3n) is 2.71. The Bertz CT molecular complexity index is 306. The molecule has 0 saturated carbocycles. The second-order valence-electron chi connectivity index (χ2n) is 3.83. The van der Waals surface area contributed by atoms with Gasteiger partial charge in [-0.15, -0.1) is 11.3 Å². The highest BCUT2D eigenvalue weighted by atomic mass is 32.1. The minimum Gasteiger partial charge on any atom is -0.309 e. The molecular weight excluding hydrogens is 192 g/mol. The fraction of sp³-hybridized carbons (Fsp3) is 0.727. The molecule has 2 nitrogen and oxygen atoms in total. The SMILES string of the molecule is CCCc1nc2c(s1)[C@H](CC)NCC2. The Balaban J connectivity index is 2.24. The van der Waals surface area contributed by atoms with Crippen molar-refractivity contribution in [1.29, 1.82) is 0 Å². The van der Waals surface area contributed by atoms with Crippen molar-refractivity contribution >= 4 is 11.3 Å². The van der Waals surface area contributed by atoms with Crippen molar-refractivity contribution in [1.82, 2.24) is 10.3 Å². The molecule has 0 amide bonds. The molecule has 1 aliphatic rings. The summed E-state index contributed by atoms with van der Waals surface area (Å²) in [6.45, 7) is 5.56. The van der Waals surface area contributed by atoms with Crippen LogP contribution in [0.2, 0.25) is 0 Å². The van der Waals surface area contributed by atoms with Crippen LogP contribution in [-0.4, -0.2) is 11.5 Å². The lowest BCUT2D eigenvalue weighted by molar-refractivity contribution is 0.497. The Morgan fingerprint density at radius 3 is 3.07 bits per heavy atom. The molecule has 14 heavy (non-hydrogen) atoms. The number of rotatable bonds is 3. The Kier molecular flexibility index (Phi) is 3.19. The highest BCUT2D eigenvalue weighted by Gasteiger charge is 2.22. The molecule has 2 heterocycles. The molecule has 0 bridgehead atoms. The molecule has 0 radical (unpaired) electrons. The number of nitrogens with one attached hydrogen (secondary N) is 1. The molecule has 78 valence electrons. The molecule has 0 unspecified atom stereocenters. The first-order valence-electron chi connectivity index (χ1n) is 5.57. The summed E-state index contributed by atoms with van der Waals surface area (Å²) < 4.78 is 0. The second kappa shape index (κ2) is 4.41. The van der Waals surface area contributed by atoms with Crippen LogP contribution in [0.1, 0.15) is 48.3 Å². The Morgan fingerprint density at radius 2 is 2.36 bits per heavy atom. The maximum Gasteiger partial charge on any atom is 0.0931 e. The van der Waals surface area contributed by atoms with Crippen molar-refractivity contribution in [3.8, 4) is 0 Å². The average Bonchev–Trinajstić information content (AvgIpc) is 2.60. The lowest BCUT2D eigenvalue weighted by atomic mass is 10.1. The zero-order valence-electron chi connectivity index (χ0n) is 8.97. The van der Waals surface area contributed by atoms with Crippen LogP contribution in [0.3, 0.4) is 0 Å². The summed E-state index contributed by atoms with van der Waals surface area (Å²) in [4.78, 5) is 6.22. The Morgan fingerprint density at radius 1 is 1.50 bits per heavy atom. The normalized spacial score (nSPS) is 20.9. The van der Waals surface area contributed by atoms with Crippen molar-refractivity contribution in [3.05, 3.63) is 15.6 Å². The fourth-order valence-corrected chi connectivity index (χ4v) is 3.35. The van der Waals surface area contributed by atoms with E-state index in [4.69, 9.17) is 4.98 Å². The van der Waals surface area contributed by atoms with Crippen molar-refractivity contribution < 1.29 is 0 Å². The fourth-order valence-electron chi connectivity index (χ4n) is 1.97. The van der Waals surface area contributed by atoms with Gasteiger partial charge in [0.1, 0.15) is 0 Å². The minimum atomic E-state index is 0.571. The van der Waals surface area contributed by atoms with E-state index in [0.29, 0.717) is 6.04 Å². The van der Waals surface area contributed by atoms with Gasteiger partial charge in [-0.2, -0.15) is 0 Å². The van der Waals surface area contributed by atoms with Crippen molar-refractivity contribution in [3.63, 3.8) is 0 Å². The van der Waals surface area contributed by atoms with Crippen molar-refractivity contribution in [2.75, 3.05) is 6.54 Å². The molecule has 0 spiro atoms. The van der Waals surface area contributed by atoms with Crippen LogP contribution >= 0.6 is 11.3 Å². The molecule has 3 heteroatoms. The van der Waals surface area contributed by atoms with E-state index in [1.807, 2.05) is 11.3 Å². The van der Waals surface area contributed by atoms with Gasteiger partial charge in [0.25, 0.3) is 0 Å². The van der Waals surface area contributed by atoms with Crippen LogP contribution in [0.5, 0.6) is 0 Å². The number of aryl methyl sites for hydroxylation is 1. The van der Waals surface area contributed by atoms with Gasteiger partial charge in [-0.05, 0) is 19.3 Å². The largest absolute Gasteiger partial charge is 0.309 e. The van der Waals surface area contributed by atoms with Gasteiger partial charge in [0.15, 0.2) is 0 Å². The summed E-state index contributed by atoms with van der Waals surface area (Å²) in [5, 5.41) is 4.88. The summed E-state index contributed by atoms with van der Waals surface area (Å²) in [5.74, 6) is 0. The molecule has 1 aromatic rings. The van der Waals surface area contributed by atoms with E-state index >= 15 is 0 Å². The number of thiazole rings is 1. The van der Waals surface area contributed by atoms with Gasteiger partial charge in [-0.1, -0.05) is 13.8 Å². The topological polar surface area (TPSA) is 24.9 Å². The van der Waals surface area contributed by atoms with E-state index in [1.54, 1.807) is 0 Å². The number of nitrogens with zero attached hydrogens (tertiary/aromatic N) is 1. The summed E-state index contributed by atoms with van der Waals surface area (Å²) in [6.07, 6.45) is 4.65. The molecule has 0 fully saturated rings. The third kappa shape index (κ3) is 1.84. The summed E-state index contributed by atoms with van der Waals surface area (Å²) in [6, 6.07) is 0.571. The van der Waals surface area contributed by atoms with Crippen LogP contribution in [0.25, 0.3) is 0 Å². The molecule has 0 aromatic carbocycles. The minimum absolute atomic E-state index is 0.571. The van der Waals surface area contributed by atoms with E-state index in [2.05, 4.69) is 19.2 Å². The lowest BCUT2D eigenvalue weighted by Gasteiger charge is -2.21. The van der Waals surface area contributed by atoms with Gasteiger partial charge in [0.05, 0.1) is 10.7 Å². The Hall–Kier alpha value is -0.410. The van der Waals surface area contributed by atoms with Gasteiger partial charge in [0.2, 0.25) is 0 Å². The van der Waals surface area contributed by atoms with Crippen LogP contribution in [0.4, 0.5) is 0 Å². The van der Waals surface area contributed by atoms with Crippen LogP contribution in [0, 0.1) is 0 Å². The summed E-state index contributed by atoms with van der Waals surface area (Å²) >= 11 is 1.92. The summed E-state index contributed by atoms with van der Waals surface area (Å²) in [5.41, 5.74) is 1.36. The molecule has 0 saturated heterocycles. The van der Waals surface area contributed by atoms with E-state index in [9.17, 15) is 0 Å². The first-order valence-corrected chi connectivity index (χ1v) is 6.38. The second-order valence-corrected chi connectivity index (χ2v) is 4.95. The number of aromatic nitrogens is 1. The number of hydrogen-bond donors (Lipinski definition) is 1. The zero-order chi connectivity index (χ0) is 9.97. The maximum atomic E-state index is 4.72. The Labute approximate surface area is 89.8 Å². The highest BCUT2D eigenvalue weighted by molar-refractivity contribution is 7.11. The first-order chi connectivity index (χ1) is 6.85. The van der Waals surface area contributed by atoms with E-state index in [-0.39, 0.29) is 0 Å². The maximum absolute atomic E-state index is 4.72. The molecule has 1 atom stereocenters. The molecular formula is C11H18N2S. The van der Waals surface area contributed by atoms with Crippen molar-refractivity contribution in [2.24, 2.45) is 0 Å². The average molecular weight is 210 g/mol. The van der Waals surface area contributed by atoms with Gasteiger partial charge in [-0.25, -0.2) is 4.98 Å². The highest BCUT2D eigenvalue weighted by Crippen LogP contribution is 2.31. The zero-order valence-corrected chi connectivity index (χ0v) is 9.78. The van der Waals surface area contributed by atoms with Crippen LogP contribution < -0.4 is 5.32 Å². The molecule has 1 aliphatic heterocycles. The molecule has 0 aliphatic carbocycles. The van der Waals surface area contributed by atoms with Crippen LogP contribution in [-0.2, 0) is 12.8 Å². The molecule has 1 aromatic heterocycles. The first kappa shape index (κ1) is 10.1. The smallest absolute Gasteiger partial charge is 0.0931 e. The summed E-state index contributed by atoms with van der Waals surface area (Å²) in [7, 11) is 0. The predicted molar refractivity (Wildman–Crippen MR) is 60.8 cm³/mol. The standard InChI is InChI=1S/C11H18N2S/c1-3-5-10-13-9-6-7-12-8(4-2)11(9)14-10/h8,12H,3-7H2,1-2H3/t8-/m0/s1. The predicted octanol–water partition coefficient (Wildman–Crippen LogP) is 2.69. The van der Waals surface area contributed by atoms with Gasteiger partial charge in [0, 0.05) is 23.9 Å². The number of fused-ring (bicyclic) bond motifs is 1. The monoisotopic (exact) mass is 210 g/mol. The van der Waals surface area contributed by atoms with Gasteiger partial charge < -0.3 is 5.32 Å². The number of hydrogen-bond acceptors (Lipinski definition) is 3. The van der Waals surface area contributed by atoms with E-state index < -0.39 is 0 Å². The molecule has 1 N–H and O–H groups in total. The van der Waals surface area contributed by atoms with Crippen LogP contribution in [0.15, 0.2) is 0 Å². The van der Waals surface area contributed by atoms with Crippen molar-refractivity contribution in [2.45, 2.75) is 45.6 Å². The third-order valence-corrected chi connectivity index (χ3v) is 3.98. The van der Waals surface area contributed by atoms with Gasteiger partial charge >= 0.3 is 0 Å². The molecule has 2 rings (SSSR count). The van der Waals surface area contributed by atoms with Gasteiger partial charge in [-0.3, -0.25) is 0 Å². The van der Waals surface area contributed by atoms with E-state index in [0.717, 1.165) is 19.4 Å². The quantitative estimate of drug-likeness (QED) is 0.829. The van der Waals surface area contributed by atoms with E-state index in [1.165, 1.54) is 28.4 Å². The lowest BCUT2D eigenvalue weighted by Crippen LogP contribution is -2.28.